The Labute approximate surface area is 183 Å². The van der Waals surface area contributed by atoms with Gasteiger partial charge in [0.05, 0.1) is 26.1 Å². The molecule has 1 saturated heterocycles. The average molecular weight is 436 g/mol. The zero-order chi connectivity index (χ0) is 22.2. The summed E-state index contributed by atoms with van der Waals surface area (Å²) in [4.78, 5) is 13.2. The highest BCUT2D eigenvalue weighted by Gasteiger charge is 2.42. The fourth-order valence-electron chi connectivity index (χ4n) is 4.14. The van der Waals surface area contributed by atoms with Crippen LogP contribution >= 0.6 is 0 Å². The lowest BCUT2D eigenvalue weighted by molar-refractivity contribution is -0.0437. The fourth-order valence-corrected chi connectivity index (χ4v) is 4.14. The first-order valence-corrected chi connectivity index (χ1v) is 10.3. The zero-order valence-corrected chi connectivity index (χ0v) is 17.4. The molecule has 2 aromatic heterocycles. The highest BCUT2D eigenvalue weighted by molar-refractivity contribution is 5.88. The van der Waals surface area contributed by atoms with Crippen molar-refractivity contribution in [2.75, 3.05) is 19.0 Å². The van der Waals surface area contributed by atoms with Crippen LogP contribution in [0.15, 0.2) is 49.1 Å². The maximum atomic E-state index is 10.2. The summed E-state index contributed by atoms with van der Waals surface area (Å²) in [6, 6.07) is 11.4. The van der Waals surface area contributed by atoms with Crippen molar-refractivity contribution in [3.05, 3.63) is 54.6 Å². The average Bonchev–Trinajstić information content (AvgIpc) is 3.38. The number of rotatable bonds is 6. The summed E-state index contributed by atoms with van der Waals surface area (Å²) in [6.07, 6.45) is 0.559. The molecule has 3 heterocycles. The minimum atomic E-state index is -0.983. The Morgan fingerprint density at radius 2 is 2.06 bits per heavy atom. The molecule has 2 aromatic carbocycles. The molecule has 10 heteroatoms. The molecule has 1 aliphatic rings. The second-order valence-electron chi connectivity index (χ2n) is 7.72. The number of nitrogens with two attached hydrogens (primary N) is 1. The molecule has 5 N–H and O–H groups in total. The maximum absolute atomic E-state index is 10.2. The molecule has 1 fully saturated rings. The molecular formula is C22H24N6O4. The van der Waals surface area contributed by atoms with Crippen molar-refractivity contribution in [2.45, 2.75) is 31.0 Å². The smallest absolute Gasteiger partial charge is 0.167 e. The van der Waals surface area contributed by atoms with Gasteiger partial charge in [0.15, 0.2) is 23.2 Å². The van der Waals surface area contributed by atoms with Crippen LogP contribution < -0.4 is 15.8 Å². The van der Waals surface area contributed by atoms with Crippen molar-refractivity contribution in [1.82, 2.24) is 19.5 Å². The molecule has 166 valence electrons. The summed E-state index contributed by atoms with van der Waals surface area (Å²) in [7, 11) is 1.65. The summed E-state index contributed by atoms with van der Waals surface area (Å²) in [6.45, 7) is 0.176. The first-order chi connectivity index (χ1) is 15.6. The number of methoxy groups -OCH3 is 1. The largest absolute Gasteiger partial charge is 0.497 e. The summed E-state index contributed by atoms with van der Waals surface area (Å²) in [5, 5.41) is 25.2. The van der Waals surface area contributed by atoms with Crippen LogP contribution in [0.1, 0.15) is 11.8 Å². The predicted octanol–water partition coefficient (Wildman–Crippen LogP) is 1.18. The Morgan fingerprint density at radius 1 is 1.22 bits per heavy atom. The molecule has 32 heavy (non-hydrogen) atoms. The molecule has 5 rings (SSSR count). The number of aliphatic hydroxyl groups excluding tert-OH is 2. The quantitative estimate of drug-likeness (QED) is 0.351. The van der Waals surface area contributed by atoms with Crippen molar-refractivity contribution in [1.29, 1.82) is 0 Å². The number of aliphatic hydroxyl groups is 2. The van der Waals surface area contributed by atoms with Gasteiger partial charge in [-0.2, -0.15) is 0 Å². The molecule has 0 amide bonds. The second-order valence-corrected chi connectivity index (χ2v) is 7.72. The van der Waals surface area contributed by atoms with E-state index in [1.54, 1.807) is 18.0 Å². The molecule has 0 unspecified atom stereocenters. The third-order valence-electron chi connectivity index (χ3n) is 5.83. The number of imidazole rings is 1. The molecular weight excluding hydrogens is 412 g/mol. The van der Waals surface area contributed by atoms with Crippen LogP contribution in [-0.4, -0.2) is 61.7 Å². The van der Waals surface area contributed by atoms with Crippen molar-refractivity contribution >= 4 is 27.8 Å². The van der Waals surface area contributed by atoms with Crippen LogP contribution in [0.25, 0.3) is 21.9 Å². The van der Waals surface area contributed by atoms with Crippen LogP contribution in [0.3, 0.4) is 0 Å². The second kappa shape index (κ2) is 8.32. The van der Waals surface area contributed by atoms with Gasteiger partial charge in [-0.15, -0.1) is 0 Å². The number of anilines is 1. The summed E-state index contributed by atoms with van der Waals surface area (Å²) in [5.41, 5.74) is 8.25. The predicted molar refractivity (Wildman–Crippen MR) is 118 cm³/mol. The summed E-state index contributed by atoms with van der Waals surface area (Å²) >= 11 is 0. The fraction of sp³-hybridized carbons (Fsp3) is 0.318. The molecule has 0 bridgehead atoms. The molecule has 0 saturated carbocycles. The van der Waals surface area contributed by atoms with Gasteiger partial charge in [-0.05, 0) is 28.5 Å². The van der Waals surface area contributed by atoms with Crippen molar-refractivity contribution in [3.8, 4) is 5.75 Å². The summed E-state index contributed by atoms with van der Waals surface area (Å²) in [5.74, 6) is 1.34. The topological polar surface area (TPSA) is 141 Å². The zero-order valence-electron chi connectivity index (χ0n) is 17.4. The van der Waals surface area contributed by atoms with E-state index in [2.05, 4.69) is 26.3 Å². The lowest BCUT2D eigenvalue weighted by atomic mass is 10.0. The lowest BCUT2D eigenvalue weighted by Crippen LogP contribution is -2.39. The van der Waals surface area contributed by atoms with Crippen LogP contribution in [-0.2, 0) is 11.3 Å². The van der Waals surface area contributed by atoms with E-state index in [9.17, 15) is 10.2 Å². The van der Waals surface area contributed by atoms with Gasteiger partial charge in [-0.3, -0.25) is 4.57 Å². The van der Waals surface area contributed by atoms with Crippen LogP contribution in [0, 0.1) is 0 Å². The van der Waals surface area contributed by atoms with Gasteiger partial charge in [-0.25, -0.2) is 15.0 Å². The van der Waals surface area contributed by atoms with Gasteiger partial charge in [0, 0.05) is 6.54 Å². The Morgan fingerprint density at radius 3 is 2.84 bits per heavy atom. The Kier molecular flexibility index (Phi) is 5.35. The van der Waals surface area contributed by atoms with Crippen LogP contribution in [0.2, 0.25) is 0 Å². The number of nitrogens with zero attached hydrogens (tertiary/aromatic N) is 4. The number of fused-ring (bicyclic) bond motifs is 2. The monoisotopic (exact) mass is 436 g/mol. The number of benzene rings is 2. The van der Waals surface area contributed by atoms with Crippen molar-refractivity contribution < 1.29 is 19.7 Å². The molecule has 0 radical (unpaired) electrons. The Hall–Kier alpha value is -3.31. The van der Waals surface area contributed by atoms with Gasteiger partial charge in [0.2, 0.25) is 0 Å². The minimum Gasteiger partial charge on any atom is -0.497 e. The number of nitrogens with one attached hydrogen (secondary N) is 1. The third kappa shape index (κ3) is 3.43. The van der Waals surface area contributed by atoms with Crippen molar-refractivity contribution in [2.24, 2.45) is 5.73 Å². The van der Waals surface area contributed by atoms with Crippen LogP contribution in [0.5, 0.6) is 5.75 Å². The molecule has 4 atom stereocenters. The van der Waals surface area contributed by atoms with Gasteiger partial charge >= 0.3 is 0 Å². The minimum absolute atomic E-state index is 0.325. The number of hydrogen-bond donors (Lipinski definition) is 4. The molecule has 0 aliphatic carbocycles. The SMILES string of the molecule is COc1cc(CNc2ncnc3c2ncn3[C@@H]2O[C@H](CO)[C@@H](O)[C@H]2N)c2ccccc2c1. The normalized spacial score (nSPS) is 23.1. The van der Waals surface area contributed by atoms with Gasteiger partial charge < -0.3 is 30.7 Å². The third-order valence-corrected chi connectivity index (χ3v) is 5.83. The molecule has 0 spiro atoms. The standard InChI is InChI=1S/C22H24N6O4/c1-31-14-6-12-4-2-3-5-15(12)13(7-14)8-24-20-18-21(26-10-25-20)28(11-27-18)22-17(23)19(30)16(9-29)32-22/h2-7,10-11,16-17,19,22,29-30H,8-9,23H2,1H3,(H,24,25,26)/t16-,17-,19-,22-/m1/s1. The van der Waals surface area contributed by atoms with E-state index in [1.807, 2.05) is 30.3 Å². The van der Waals surface area contributed by atoms with Crippen LogP contribution in [0.4, 0.5) is 5.82 Å². The van der Waals surface area contributed by atoms with E-state index in [0.717, 1.165) is 22.1 Å². The van der Waals surface area contributed by atoms with E-state index >= 15 is 0 Å². The highest BCUT2D eigenvalue weighted by Crippen LogP contribution is 2.31. The van der Waals surface area contributed by atoms with Gasteiger partial charge in [0.1, 0.15) is 24.3 Å². The number of ether oxygens (including phenoxy) is 2. The van der Waals surface area contributed by atoms with E-state index in [0.29, 0.717) is 23.5 Å². The van der Waals surface area contributed by atoms with E-state index in [-0.39, 0.29) is 6.61 Å². The van der Waals surface area contributed by atoms with Gasteiger partial charge in [0.25, 0.3) is 0 Å². The van der Waals surface area contributed by atoms with E-state index < -0.39 is 24.5 Å². The van der Waals surface area contributed by atoms with Crippen molar-refractivity contribution in [3.63, 3.8) is 0 Å². The van der Waals surface area contributed by atoms with E-state index in [1.165, 1.54) is 6.33 Å². The lowest BCUT2D eigenvalue weighted by Gasteiger charge is -2.17. The number of aromatic nitrogens is 4. The van der Waals surface area contributed by atoms with E-state index in [4.69, 9.17) is 15.2 Å². The first-order valence-electron chi connectivity index (χ1n) is 10.3. The maximum Gasteiger partial charge on any atom is 0.167 e. The molecule has 10 nitrogen and oxygen atoms in total. The van der Waals surface area contributed by atoms with Gasteiger partial charge in [-0.1, -0.05) is 24.3 Å². The molecule has 4 aromatic rings. The summed E-state index contributed by atoms with van der Waals surface area (Å²) < 4.78 is 12.8. The first kappa shape index (κ1) is 20.6. The highest BCUT2D eigenvalue weighted by atomic mass is 16.5. The number of hydrogen-bond acceptors (Lipinski definition) is 9. The Bertz CT molecular complexity index is 1260. The molecule has 1 aliphatic heterocycles. The Balaban J connectivity index is 1.45.